The minimum absolute atomic E-state index is 0.0714. The van der Waals surface area contributed by atoms with E-state index in [4.69, 9.17) is 4.74 Å². The summed E-state index contributed by atoms with van der Waals surface area (Å²) in [4.78, 5) is 26.1. The van der Waals surface area contributed by atoms with Crippen molar-refractivity contribution in [2.24, 2.45) is 5.92 Å². The molecule has 0 spiro atoms. The molecule has 4 heteroatoms. The zero-order chi connectivity index (χ0) is 14.1. The van der Waals surface area contributed by atoms with Gasteiger partial charge in [-0.05, 0) is 37.0 Å². The van der Waals surface area contributed by atoms with Gasteiger partial charge in [0.05, 0.1) is 6.61 Å². The van der Waals surface area contributed by atoms with E-state index in [-0.39, 0.29) is 17.8 Å². The lowest BCUT2D eigenvalue weighted by atomic mass is 10.1. The van der Waals surface area contributed by atoms with Gasteiger partial charge in [-0.1, -0.05) is 19.1 Å². The summed E-state index contributed by atoms with van der Waals surface area (Å²) in [6, 6.07) is 7.45. The molecule has 4 nitrogen and oxygen atoms in total. The number of cyclic esters (lactones) is 1. The van der Waals surface area contributed by atoms with Crippen molar-refractivity contribution < 1.29 is 14.3 Å². The van der Waals surface area contributed by atoms with E-state index >= 15 is 0 Å². The lowest BCUT2D eigenvalue weighted by Gasteiger charge is -2.27. The van der Waals surface area contributed by atoms with Crippen LogP contribution in [0.1, 0.15) is 31.7 Å². The second-order valence-corrected chi connectivity index (χ2v) is 5.48. The number of nitrogens with zero attached hydrogens (tertiary/aromatic N) is 1. The molecule has 2 fully saturated rings. The van der Waals surface area contributed by atoms with Crippen LogP contribution in [0.4, 0.5) is 5.69 Å². The van der Waals surface area contributed by atoms with E-state index in [0.29, 0.717) is 13.0 Å². The first kappa shape index (κ1) is 13.2. The fraction of sp³-hybridized carbons (Fsp3) is 0.500. The Kier molecular flexibility index (Phi) is 3.47. The minimum atomic E-state index is -0.449. The van der Waals surface area contributed by atoms with Gasteiger partial charge in [0.25, 0.3) is 0 Å². The predicted molar refractivity (Wildman–Crippen MR) is 75.4 cm³/mol. The normalized spacial score (nSPS) is 21.6. The number of esters is 1. The summed E-state index contributed by atoms with van der Waals surface area (Å²) in [5.41, 5.74) is 1.99. The zero-order valence-electron chi connectivity index (χ0n) is 11.7. The van der Waals surface area contributed by atoms with Crippen molar-refractivity contribution in [3.05, 3.63) is 29.8 Å². The number of hydrogen-bond acceptors (Lipinski definition) is 3. The first-order valence-electron chi connectivity index (χ1n) is 7.29. The first-order valence-corrected chi connectivity index (χ1v) is 7.29. The number of carbonyl (C=O) groups is 2. The molecule has 1 amide bonds. The standard InChI is InChI=1S/C16H19NO3/c1-2-11-4-3-5-13(10-11)17(15(18)12-6-7-12)14-8-9-20-16(14)19/h3-5,10,12,14H,2,6-9H2,1H3. The van der Waals surface area contributed by atoms with Crippen LogP contribution < -0.4 is 4.90 Å². The van der Waals surface area contributed by atoms with Crippen molar-refractivity contribution in [3.63, 3.8) is 0 Å². The topological polar surface area (TPSA) is 46.6 Å². The minimum Gasteiger partial charge on any atom is -0.464 e. The Labute approximate surface area is 118 Å². The van der Waals surface area contributed by atoms with E-state index < -0.39 is 6.04 Å². The Morgan fingerprint density at radius 1 is 1.35 bits per heavy atom. The lowest BCUT2D eigenvalue weighted by Crippen LogP contribution is -2.44. The lowest BCUT2D eigenvalue weighted by molar-refractivity contribution is -0.140. The molecule has 1 saturated heterocycles. The summed E-state index contributed by atoms with van der Waals surface area (Å²) in [5.74, 6) is -0.114. The molecule has 1 aromatic rings. The highest BCUT2D eigenvalue weighted by Crippen LogP contribution is 2.35. The molecule has 0 aromatic heterocycles. The Bertz CT molecular complexity index is 536. The van der Waals surface area contributed by atoms with Gasteiger partial charge in [-0.3, -0.25) is 9.69 Å². The molecule has 1 heterocycles. The van der Waals surface area contributed by atoms with Gasteiger partial charge in [0, 0.05) is 18.0 Å². The Morgan fingerprint density at radius 3 is 2.75 bits per heavy atom. The number of benzene rings is 1. The number of amides is 1. The van der Waals surface area contributed by atoms with Crippen LogP contribution >= 0.6 is 0 Å². The molecular formula is C16H19NO3. The van der Waals surface area contributed by atoms with Gasteiger partial charge in [0.15, 0.2) is 0 Å². The van der Waals surface area contributed by atoms with Crippen LogP contribution in [-0.4, -0.2) is 24.5 Å². The van der Waals surface area contributed by atoms with E-state index in [9.17, 15) is 9.59 Å². The van der Waals surface area contributed by atoms with Gasteiger partial charge in [-0.2, -0.15) is 0 Å². The van der Waals surface area contributed by atoms with Crippen LogP contribution in [0, 0.1) is 5.92 Å². The number of hydrogen-bond donors (Lipinski definition) is 0. The third kappa shape index (κ3) is 2.42. The van der Waals surface area contributed by atoms with E-state index in [1.165, 1.54) is 5.56 Å². The average Bonchev–Trinajstić information content (AvgIpc) is 3.24. The molecule has 0 bridgehead atoms. The molecule has 1 aliphatic heterocycles. The van der Waals surface area contributed by atoms with Gasteiger partial charge in [0.1, 0.15) is 6.04 Å². The van der Waals surface area contributed by atoms with Crippen molar-refractivity contribution in [1.82, 2.24) is 0 Å². The van der Waals surface area contributed by atoms with Crippen LogP contribution in [0.5, 0.6) is 0 Å². The maximum Gasteiger partial charge on any atom is 0.329 e. The molecule has 1 unspecified atom stereocenters. The molecule has 106 valence electrons. The first-order chi connectivity index (χ1) is 9.70. The van der Waals surface area contributed by atoms with Gasteiger partial charge < -0.3 is 4.74 Å². The summed E-state index contributed by atoms with van der Waals surface area (Å²) < 4.78 is 5.04. The Balaban J connectivity index is 1.95. The van der Waals surface area contributed by atoms with Crippen LogP contribution in [0.15, 0.2) is 24.3 Å². The van der Waals surface area contributed by atoms with Gasteiger partial charge in [0.2, 0.25) is 5.91 Å². The van der Waals surface area contributed by atoms with Crippen LogP contribution in [0.2, 0.25) is 0 Å². The fourth-order valence-electron chi connectivity index (χ4n) is 2.63. The van der Waals surface area contributed by atoms with Crippen molar-refractivity contribution in [2.75, 3.05) is 11.5 Å². The second kappa shape index (κ2) is 5.27. The number of aryl methyl sites for hydroxylation is 1. The Hall–Kier alpha value is -1.84. The van der Waals surface area contributed by atoms with E-state index in [2.05, 4.69) is 6.92 Å². The maximum atomic E-state index is 12.6. The molecule has 0 radical (unpaired) electrons. The van der Waals surface area contributed by atoms with Crippen LogP contribution in [-0.2, 0) is 20.7 Å². The molecule has 1 saturated carbocycles. The second-order valence-electron chi connectivity index (χ2n) is 5.48. The number of anilines is 1. The number of ether oxygens (including phenoxy) is 1. The third-order valence-corrected chi connectivity index (χ3v) is 3.98. The highest BCUT2D eigenvalue weighted by Gasteiger charge is 2.42. The number of carbonyl (C=O) groups excluding carboxylic acids is 2. The summed E-state index contributed by atoms with van der Waals surface area (Å²) >= 11 is 0. The van der Waals surface area contributed by atoms with Crippen LogP contribution in [0.25, 0.3) is 0 Å². The molecule has 2 aliphatic rings. The van der Waals surface area contributed by atoms with Gasteiger partial charge in [-0.15, -0.1) is 0 Å². The average molecular weight is 273 g/mol. The Morgan fingerprint density at radius 2 is 2.15 bits per heavy atom. The molecule has 20 heavy (non-hydrogen) atoms. The fourth-order valence-corrected chi connectivity index (χ4v) is 2.63. The van der Waals surface area contributed by atoms with Crippen molar-refractivity contribution in [1.29, 1.82) is 0 Å². The number of rotatable bonds is 4. The van der Waals surface area contributed by atoms with Gasteiger partial charge >= 0.3 is 5.97 Å². The van der Waals surface area contributed by atoms with Crippen LogP contribution in [0.3, 0.4) is 0 Å². The largest absolute Gasteiger partial charge is 0.464 e. The smallest absolute Gasteiger partial charge is 0.329 e. The van der Waals surface area contributed by atoms with Crippen molar-refractivity contribution >= 4 is 17.6 Å². The predicted octanol–water partition coefficient (Wildman–Crippen LogP) is 2.31. The molecule has 1 atom stereocenters. The summed E-state index contributed by atoms with van der Waals surface area (Å²) in [6.07, 6.45) is 3.37. The summed E-state index contributed by atoms with van der Waals surface area (Å²) in [6.45, 7) is 2.49. The maximum absolute atomic E-state index is 12.6. The molecule has 1 aliphatic carbocycles. The molecule has 0 N–H and O–H groups in total. The molecule has 1 aromatic carbocycles. The highest BCUT2D eigenvalue weighted by atomic mass is 16.5. The zero-order valence-corrected chi connectivity index (χ0v) is 11.7. The third-order valence-electron chi connectivity index (χ3n) is 3.98. The monoisotopic (exact) mass is 273 g/mol. The summed E-state index contributed by atoms with van der Waals surface area (Å²) in [7, 11) is 0. The SMILES string of the molecule is CCc1cccc(N(C(=O)C2CC2)C2CCOC2=O)c1. The van der Waals surface area contributed by atoms with Crippen molar-refractivity contribution in [3.8, 4) is 0 Å². The molecular weight excluding hydrogens is 254 g/mol. The molecule has 3 rings (SSSR count). The summed E-state index contributed by atoms with van der Waals surface area (Å²) in [5, 5.41) is 0. The van der Waals surface area contributed by atoms with Gasteiger partial charge in [-0.25, -0.2) is 4.79 Å². The van der Waals surface area contributed by atoms with E-state index in [0.717, 1.165) is 24.9 Å². The highest BCUT2D eigenvalue weighted by molar-refractivity contribution is 6.02. The van der Waals surface area contributed by atoms with E-state index in [1.54, 1.807) is 4.90 Å². The quantitative estimate of drug-likeness (QED) is 0.791. The van der Waals surface area contributed by atoms with Crippen molar-refractivity contribution in [2.45, 2.75) is 38.6 Å². The van der Waals surface area contributed by atoms with E-state index in [1.807, 2.05) is 24.3 Å².